The minimum absolute atomic E-state index is 0.152. The summed E-state index contributed by atoms with van der Waals surface area (Å²) < 4.78 is 41.4. The predicted octanol–water partition coefficient (Wildman–Crippen LogP) is 5.03. The summed E-state index contributed by atoms with van der Waals surface area (Å²) >= 11 is 11.3. The van der Waals surface area contributed by atoms with Crippen LogP contribution in [0.5, 0.6) is 0 Å². The zero-order valence-corrected chi connectivity index (χ0v) is 17.4. The largest absolute Gasteiger partial charge is 0.417 e. The van der Waals surface area contributed by atoms with Crippen LogP contribution in [0.3, 0.4) is 0 Å². The Morgan fingerprint density at radius 2 is 2.00 bits per heavy atom. The van der Waals surface area contributed by atoms with E-state index in [1.807, 2.05) is 9.50 Å². The van der Waals surface area contributed by atoms with Gasteiger partial charge in [-0.3, -0.25) is 4.79 Å². The first-order chi connectivity index (χ1) is 11.8. The van der Waals surface area contributed by atoms with E-state index < -0.39 is 22.7 Å². The Morgan fingerprint density at radius 1 is 1.32 bits per heavy atom. The Labute approximate surface area is 169 Å². The number of benzene rings is 1. The lowest BCUT2D eigenvalue weighted by Gasteiger charge is -2.28. The summed E-state index contributed by atoms with van der Waals surface area (Å²) in [4.78, 5) is 20.1. The van der Waals surface area contributed by atoms with E-state index in [1.165, 1.54) is 17.0 Å². The number of rotatable bonds is 1. The summed E-state index contributed by atoms with van der Waals surface area (Å²) in [5.74, 6) is 0.131. The second-order valence-corrected chi connectivity index (χ2v) is 6.23. The molecule has 4 nitrogen and oxygen atoms in total. The van der Waals surface area contributed by atoms with Gasteiger partial charge in [0, 0.05) is 13.1 Å². The number of nitrogens with zero attached hydrogens (tertiary/aromatic N) is 3. The lowest BCUT2D eigenvalue weighted by Crippen LogP contribution is -2.38. The fourth-order valence-electron chi connectivity index (χ4n) is 2.48. The van der Waals surface area contributed by atoms with Crippen molar-refractivity contribution < 1.29 is 18.0 Å². The fraction of sp³-hybridized carbons (Fsp3) is 0.333. The average molecular weight is 551 g/mol. The van der Waals surface area contributed by atoms with Crippen molar-refractivity contribution in [1.29, 1.82) is 0 Å². The van der Waals surface area contributed by atoms with E-state index in [4.69, 9.17) is 11.6 Å². The van der Waals surface area contributed by atoms with Crippen molar-refractivity contribution in [2.75, 3.05) is 11.5 Å². The van der Waals surface area contributed by atoms with Gasteiger partial charge in [0.15, 0.2) is 0 Å². The molecule has 136 valence electrons. The standard InChI is InChI=1S/C14H10BrClF3N3O.CH3I/c15-10-6-20-11-7-21(4-5-22(10)11)13(23)8-2-1-3-9(12(8)16)14(17,18)19;1-2/h1-3,6H,4-5,7H2;1H3. The molecule has 3 rings (SSSR count). The van der Waals surface area contributed by atoms with Crippen LogP contribution in [0.4, 0.5) is 13.2 Å². The Morgan fingerprint density at radius 3 is 2.64 bits per heavy atom. The van der Waals surface area contributed by atoms with Crippen molar-refractivity contribution >= 4 is 56.0 Å². The van der Waals surface area contributed by atoms with Gasteiger partial charge in [-0.1, -0.05) is 40.3 Å². The maximum Gasteiger partial charge on any atom is 0.417 e. The van der Waals surface area contributed by atoms with Crippen molar-refractivity contribution in [3.8, 4) is 0 Å². The first kappa shape index (κ1) is 20.5. The number of aromatic nitrogens is 2. The van der Waals surface area contributed by atoms with Crippen LogP contribution in [0, 0.1) is 0 Å². The molecule has 0 unspecified atom stereocenters. The summed E-state index contributed by atoms with van der Waals surface area (Å²) in [6.45, 7) is 1.10. The zero-order chi connectivity index (χ0) is 18.8. The Bertz CT molecular complexity index is 782. The molecule has 0 saturated heterocycles. The molecule has 0 aliphatic carbocycles. The van der Waals surface area contributed by atoms with Gasteiger partial charge in [0.05, 0.1) is 28.9 Å². The van der Waals surface area contributed by atoms with Crippen molar-refractivity contribution in [3.05, 3.63) is 51.0 Å². The molecule has 0 radical (unpaired) electrons. The molecule has 1 amide bonds. The number of amides is 1. The van der Waals surface area contributed by atoms with Crippen LogP contribution in [-0.2, 0) is 19.3 Å². The second kappa shape index (κ2) is 8.26. The molecule has 0 atom stereocenters. The van der Waals surface area contributed by atoms with Crippen LogP contribution >= 0.6 is 50.1 Å². The van der Waals surface area contributed by atoms with Gasteiger partial charge in [0.25, 0.3) is 5.91 Å². The molecular formula is C15H13BrClF3IN3O. The number of hydrogen-bond donors (Lipinski definition) is 0. The third-order valence-electron chi connectivity index (χ3n) is 3.64. The van der Waals surface area contributed by atoms with Crippen LogP contribution < -0.4 is 0 Å². The van der Waals surface area contributed by atoms with Crippen LogP contribution in [0.2, 0.25) is 5.02 Å². The summed E-state index contributed by atoms with van der Waals surface area (Å²) in [5, 5.41) is -0.569. The molecule has 2 aromatic rings. The number of carbonyl (C=O) groups excluding carboxylic acids is 1. The van der Waals surface area contributed by atoms with Gasteiger partial charge >= 0.3 is 6.18 Å². The zero-order valence-electron chi connectivity index (χ0n) is 12.9. The maximum atomic E-state index is 12.9. The summed E-state index contributed by atoms with van der Waals surface area (Å²) in [5.41, 5.74) is -1.16. The van der Waals surface area contributed by atoms with Crippen LogP contribution in [-0.4, -0.2) is 31.8 Å². The first-order valence-electron chi connectivity index (χ1n) is 7.01. The van der Waals surface area contributed by atoms with Gasteiger partial charge in [-0.05, 0) is 33.0 Å². The highest BCUT2D eigenvalue weighted by Gasteiger charge is 2.35. The molecule has 0 fully saturated rings. The summed E-state index contributed by atoms with van der Waals surface area (Å²) in [6.07, 6.45) is -2.98. The van der Waals surface area contributed by atoms with Gasteiger partial charge in [0.2, 0.25) is 0 Å². The molecule has 1 aliphatic heterocycles. The number of carbonyl (C=O) groups is 1. The minimum Gasteiger partial charge on any atom is -0.329 e. The third kappa shape index (κ3) is 4.30. The van der Waals surface area contributed by atoms with E-state index in [-0.39, 0.29) is 12.1 Å². The monoisotopic (exact) mass is 549 g/mol. The molecule has 0 N–H and O–H groups in total. The van der Waals surface area contributed by atoms with Gasteiger partial charge in [-0.15, -0.1) is 0 Å². The van der Waals surface area contributed by atoms with Crippen LogP contribution in [0.1, 0.15) is 21.7 Å². The van der Waals surface area contributed by atoms with E-state index in [0.717, 1.165) is 10.7 Å². The van der Waals surface area contributed by atoms with E-state index >= 15 is 0 Å². The second-order valence-electron chi connectivity index (χ2n) is 5.04. The van der Waals surface area contributed by atoms with E-state index in [2.05, 4.69) is 43.5 Å². The van der Waals surface area contributed by atoms with Crippen molar-refractivity contribution in [1.82, 2.24) is 14.5 Å². The van der Waals surface area contributed by atoms with Crippen molar-refractivity contribution in [3.63, 3.8) is 0 Å². The lowest BCUT2D eigenvalue weighted by molar-refractivity contribution is -0.137. The van der Waals surface area contributed by atoms with E-state index in [9.17, 15) is 18.0 Å². The maximum absolute atomic E-state index is 12.9. The highest BCUT2D eigenvalue weighted by Crippen LogP contribution is 2.36. The first-order valence-corrected chi connectivity index (χ1v) is 10.3. The molecule has 2 heterocycles. The molecule has 0 saturated carbocycles. The van der Waals surface area contributed by atoms with Crippen molar-refractivity contribution in [2.24, 2.45) is 0 Å². The molecule has 25 heavy (non-hydrogen) atoms. The lowest BCUT2D eigenvalue weighted by atomic mass is 10.1. The Hall–Kier alpha value is -0.810. The summed E-state index contributed by atoms with van der Waals surface area (Å²) in [6, 6.07) is 3.35. The number of fused-ring (bicyclic) bond motifs is 1. The Kier molecular flexibility index (Phi) is 6.77. The minimum atomic E-state index is -4.60. The van der Waals surface area contributed by atoms with Gasteiger partial charge in [-0.2, -0.15) is 13.2 Å². The topological polar surface area (TPSA) is 38.1 Å². The molecule has 1 aromatic heterocycles. The Balaban J connectivity index is 0.00000109. The van der Waals surface area contributed by atoms with Gasteiger partial charge in [0.1, 0.15) is 10.4 Å². The smallest absolute Gasteiger partial charge is 0.329 e. The molecule has 1 aromatic carbocycles. The molecule has 0 bridgehead atoms. The highest BCUT2D eigenvalue weighted by atomic mass is 127. The number of alkyl halides is 4. The fourth-order valence-corrected chi connectivity index (χ4v) is 3.28. The normalized spacial score (nSPS) is 13.8. The predicted molar refractivity (Wildman–Crippen MR) is 101 cm³/mol. The molecule has 1 aliphatic rings. The molecule has 10 heteroatoms. The van der Waals surface area contributed by atoms with Crippen molar-refractivity contribution in [2.45, 2.75) is 19.3 Å². The van der Waals surface area contributed by atoms with E-state index in [0.29, 0.717) is 18.9 Å². The number of hydrogen-bond acceptors (Lipinski definition) is 2. The van der Waals surface area contributed by atoms with Crippen LogP contribution in [0.25, 0.3) is 0 Å². The third-order valence-corrected chi connectivity index (χ3v) is 4.68. The molecule has 0 spiro atoms. The summed E-state index contributed by atoms with van der Waals surface area (Å²) in [7, 11) is 0. The number of imidazole rings is 1. The van der Waals surface area contributed by atoms with E-state index in [1.54, 1.807) is 6.20 Å². The SMILES string of the molecule is CI.O=C(c1cccc(C(F)(F)F)c1Cl)N1CCn2c(Br)cnc2C1. The van der Waals surface area contributed by atoms with Gasteiger partial charge in [-0.25, -0.2) is 4.98 Å². The van der Waals surface area contributed by atoms with Gasteiger partial charge < -0.3 is 9.47 Å². The molecular weight excluding hydrogens is 537 g/mol. The van der Waals surface area contributed by atoms with Crippen LogP contribution in [0.15, 0.2) is 29.0 Å². The number of halogens is 6. The quantitative estimate of drug-likeness (QED) is 0.369. The average Bonchev–Trinajstić information content (AvgIpc) is 2.96. The highest BCUT2D eigenvalue weighted by molar-refractivity contribution is 14.1.